The van der Waals surface area contributed by atoms with Crippen LogP contribution in [-0.4, -0.2) is 55.9 Å². The number of nitrogens with zero attached hydrogens (tertiary/aromatic N) is 2. The van der Waals surface area contributed by atoms with Crippen molar-refractivity contribution in [3.8, 4) is 0 Å². The Balaban J connectivity index is 1.88. The van der Waals surface area contributed by atoms with E-state index in [4.69, 9.17) is 23.2 Å². The van der Waals surface area contributed by atoms with Crippen LogP contribution in [0.25, 0.3) is 0 Å². The van der Waals surface area contributed by atoms with Crippen molar-refractivity contribution < 1.29 is 4.79 Å². The number of carbonyl (C=O) groups is 1. The first-order valence-corrected chi connectivity index (χ1v) is 8.06. The third kappa shape index (κ3) is 4.96. The minimum absolute atomic E-state index is 0.0496. The Bertz CT molecular complexity index is 497. The fraction of sp³-hybridized carbons (Fsp3) is 0.562. The summed E-state index contributed by atoms with van der Waals surface area (Å²) in [7, 11) is 4.22. The first kappa shape index (κ1) is 16.8. The van der Waals surface area contributed by atoms with Crippen molar-refractivity contribution >= 4 is 29.0 Å². The third-order valence-electron chi connectivity index (χ3n) is 3.93. The van der Waals surface area contributed by atoms with E-state index in [2.05, 4.69) is 23.9 Å². The van der Waals surface area contributed by atoms with Gasteiger partial charge in [0.05, 0.1) is 11.6 Å². The number of carbonyl (C=O) groups excluding carboxylic acids is 1. The Morgan fingerprint density at radius 1 is 1.29 bits per heavy atom. The summed E-state index contributed by atoms with van der Waals surface area (Å²) in [6.45, 7) is 3.50. The summed E-state index contributed by atoms with van der Waals surface area (Å²) in [5.41, 5.74) is 0.527. The van der Waals surface area contributed by atoms with E-state index in [9.17, 15) is 4.79 Å². The number of Topliss-reactive ketones (excluding diaryl/α,β-unsaturated/α-hetero) is 1. The molecule has 1 heterocycles. The fourth-order valence-electron chi connectivity index (χ4n) is 2.84. The molecule has 0 aromatic heterocycles. The number of hydrogen-bond donors (Lipinski definition) is 0. The summed E-state index contributed by atoms with van der Waals surface area (Å²) >= 11 is 12.0. The molecule has 0 amide bonds. The van der Waals surface area contributed by atoms with Crippen molar-refractivity contribution in [3.05, 3.63) is 33.8 Å². The van der Waals surface area contributed by atoms with E-state index in [0.717, 1.165) is 38.4 Å². The molecule has 1 aliphatic heterocycles. The number of halogens is 2. The van der Waals surface area contributed by atoms with Gasteiger partial charge in [0, 0.05) is 17.1 Å². The van der Waals surface area contributed by atoms with Crippen molar-refractivity contribution in [2.75, 3.05) is 40.3 Å². The smallest absolute Gasteiger partial charge is 0.178 e. The van der Waals surface area contributed by atoms with Crippen LogP contribution in [-0.2, 0) is 0 Å². The monoisotopic (exact) mass is 328 g/mol. The number of piperidine rings is 1. The Hall–Kier alpha value is -0.610. The van der Waals surface area contributed by atoms with Gasteiger partial charge in [-0.05, 0) is 64.1 Å². The minimum atomic E-state index is 0.0496. The van der Waals surface area contributed by atoms with E-state index in [0.29, 0.717) is 22.2 Å². The molecule has 0 atom stereocenters. The molecular weight excluding hydrogens is 307 g/mol. The SMILES string of the molecule is CN(C)CC1CCN(CC(=O)c2cc(Cl)ccc2Cl)CC1. The van der Waals surface area contributed by atoms with Gasteiger partial charge in [0.1, 0.15) is 0 Å². The predicted molar refractivity (Wildman–Crippen MR) is 88.5 cm³/mol. The van der Waals surface area contributed by atoms with Crippen LogP contribution >= 0.6 is 23.2 Å². The van der Waals surface area contributed by atoms with Gasteiger partial charge in [-0.15, -0.1) is 0 Å². The van der Waals surface area contributed by atoms with Crippen molar-refractivity contribution in [1.29, 1.82) is 0 Å². The molecule has 2 rings (SSSR count). The van der Waals surface area contributed by atoms with E-state index in [-0.39, 0.29) is 5.78 Å². The first-order valence-electron chi connectivity index (χ1n) is 7.31. The molecule has 1 aromatic rings. The number of ketones is 1. The third-order valence-corrected chi connectivity index (χ3v) is 4.49. The Morgan fingerprint density at radius 3 is 2.57 bits per heavy atom. The standard InChI is InChI=1S/C16H22Cl2N2O/c1-19(2)10-12-5-7-20(8-6-12)11-16(21)14-9-13(17)3-4-15(14)18/h3-4,9,12H,5-8,10-11H2,1-2H3. The summed E-state index contributed by atoms with van der Waals surface area (Å²) < 4.78 is 0. The normalized spacial score (nSPS) is 17.4. The van der Waals surface area contributed by atoms with Gasteiger partial charge in [-0.3, -0.25) is 9.69 Å². The highest BCUT2D eigenvalue weighted by atomic mass is 35.5. The lowest BCUT2D eigenvalue weighted by molar-refractivity contribution is 0.0886. The van der Waals surface area contributed by atoms with E-state index in [1.165, 1.54) is 0 Å². The summed E-state index contributed by atoms with van der Waals surface area (Å²) in [4.78, 5) is 16.8. The maximum Gasteiger partial charge on any atom is 0.178 e. The molecule has 0 saturated carbocycles. The zero-order valence-electron chi connectivity index (χ0n) is 12.6. The van der Waals surface area contributed by atoms with Crippen molar-refractivity contribution in [3.63, 3.8) is 0 Å². The van der Waals surface area contributed by atoms with Gasteiger partial charge in [0.15, 0.2) is 5.78 Å². The molecule has 0 radical (unpaired) electrons. The molecule has 0 unspecified atom stereocenters. The maximum atomic E-state index is 12.4. The Kier molecular flexibility index (Phi) is 6.06. The minimum Gasteiger partial charge on any atom is -0.309 e. The molecule has 0 spiro atoms. The molecule has 0 bridgehead atoms. The van der Waals surface area contributed by atoms with Crippen LogP contribution in [0.3, 0.4) is 0 Å². The molecule has 1 saturated heterocycles. The van der Waals surface area contributed by atoms with Crippen LogP contribution in [0.2, 0.25) is 10.0 Å². The van der Waals surface area contributed by atoms with E-state index < -0.39 is 0 Å². The lowest BCUT2D eigenvalue weighted by Crippen LogP contribution is -2.39. The molecule has 1 aromatic carbocycles. The number of benzene rings is 1. The van der Waals surface area contributed by atoms with Crippen LogP contribution in [0.1, 0.15) is 23.2 Å². The van der Waals surface area contributed by atoms with Crippen LogP contribution in [0.15, 0.2) is 18.2 Å². The summed E-state index contributed by atoms with van der Waals surface area (Å²) in [6.07, 6.45) is 2.30. The van der Waals surface area contributed by atoms with Gasteiger partial charge < -0.3 is 4.90 Å². The van der Waals surface area contributed by atoms with Crippen LogP contribution in [0.4, 0.5) is 0 Å². The number of likely N-dealkylation sites (tertiary alicyclic amines) is 1. The summed E-state index contributed by atoms with van der Waals surface area (Å²) in [6, 6.07) is 5.04. The highest BCUT2D eigenvalue weighted by Gasteiger charge is 2.22. The molecule has 5 heteroatoms. The van der Waals surface area contributed by atoms with Crippen LogP contribution < -0.4 is 0 Å². The molecule has 0 aliphatic carbocycles. The van der Waals surface area contributed by atoms with E-state index in [1.807, 2.05) is 0 Å². The number of hydrogen-bond acceptors (Lipinski definition) is 3. The average Bonchev–Trinajstić information content (AvgIpc) is 2.43. The molecule has 1 fully saturated rings. The van der Waals surface area contributed by atoms with Gasteiger partial charge in [-0.2, -0.15) is 0 Å². The molecular formula is C16H22Cl2N2O. The second kappa shape index (κ2) is 7.59. The van der Waals surface area contributed by atoms with Crippen molar-refractivity contribution in [1.82, 2.24) is 9.80 Å². The van der Waals surface area contributed by atoms with Gasteiger partial charge in [0.25, 0.3) is 0 Å². The topological polar surface area (TPSA) is 23.6 Å². The summed E-state index contributed by atoms with van der Waals surface area (Å²) in [5, 5.41) is 1.03. The molecule has 0 N–H and O–H groups in total. The fourth-order valence-corrected chi connectivity index (χ4v) is 3.24. The second-order valence-corrected chi connectivity index (χ2v) is 6.87. The van der Waals surface area contributed by atoms with Gasteiger partial charge in [-0.25, -0.2) is 0 Å². The molecule has 116 valence electrons. The number of rotatable bonds is 5. The van der Waals surface area contributed by atoms with Gasteiger partial charge in [0.2, 0.25) is 0 Å². The van der Waals surface area contributed by atoms with Crippen molar-refractivity contribution in [2.45, 2.75) is 12.8 Å². The quantitative estimate of drug-likeness (QED) is 0.773. The largest absolute Gasteiger partial charge is 0.309 e. The van der Waals surface area contributed by atoms with Gasteiger partial charge >= 0.3 is 0 Å². The Labute approximate surface area is 136 Å². The van der Waals surface area contributed by atoms with Crippen LogP contribution in [0.5, 0.6) is 0 Å². The van der Waals surface area contributed by atoms with Gasteiger partial charge in [-0.1, -0.05) is 23.2 Å². The lowest BCUT2D eigenvalue weighted by atomic mass is 9.96. The highest BCUT2D eigenvalue weighted by Crippen LogP contribution is 2.23. The van der Waals surface area contributed by atoms with E-state index >= 15 is 0 Å². The second-order valence-electron chi connectivity index (χ2n) is 6.03. The molecule has 3 nitrogen and oxygen atoms in total. The Morgan fingerprint density at radius 2 is 1.95 bits per heavy atom. The molecule has 1 aliphatic rings. The zero-order chi connectivity index (χ0) is 15.4. The predicted octanol–water partition coefficient (Wildman–Crippen LogP) is 3.45. The van der Waals surface area contributed by atoms with E-state index in [1.54, 1.807) is 18.2 Å². The summed E-state index contributed by atoms with van der Waals surface area (Å²) in [5.74, 6) is 0.787. The highest BCUT2D eigenvalue weighted by molar-refractivity contribution is 6.36. The van der Waals surface area contributed by atoms with Crippen molar-refractivity contribution in [2.24, 2.45) is 5.92 Å². The average molecular weight is 329 g/mol. The first-order chi connectivity index (χ1) is 9.95. The lowest BCUT2D eigenvalue weighted by Gasteiger charge is -2.32. The maximum absolute atomic E-state index is 12.4. The zero-order valence-corrected chi connectivity index (χ0v) is 14.1. The van der Waals surface area contributed by atoms with Crippen LogP contribution in [0, 0.1) is 5.92 Å². The molecule has 21 heavy (non-hydrogen) atoms.